The van der Waals surface area contributed by atoms with Crippen LogP contribution in [0.15, 0.2) is 30.3 Å². The summed E-state index contributed by atoms with van der Waals surface area (Å²) in [6.45, 7) is 4.35. The third-order valence-electron chi connectivity index (χ3n) is 4.93. The van der Waals surface area contributed by atoms with Gasteiger partial charge in [-0.3, -0.25) is 4.79 Å². The molecule has 0 aromatic heterocycles. The summed E-state index contributed by atoms with van der Waals surface area (Å²) in [7, 11) is 0. The summed E-state index contributed by atoms with van der Waals surface area (Å²) in [4.78, 5) is 10.3. The Hall–Kier alpha value is -0.570. The van der Waals surface area contributed by atoms with E-state index in [0.717, 1.165) is 12.8 Å². The molecule has 1 aromatic rings. The van der Waals surface area contributed by atoms with Gasteiger partial charge in [-0.15, -0.1) is 0 Å². The van der Waals surface area contributed by atoms with Crippen molar-refractivity contribution in [3.63, 3.8) is 0 Å². The molecule has 0 amide bonds. The van der Waals surface area contributed by atoms with Gasteiger partial charge < -0.3 is 5.11 Å². The van der Waals surface area contributed by atoms with E-state index in [1.54, 1.807) is 0 Å². The van der Waals surface area contributed by atoms with Crippen molar-refractivity contribution in [2.24, 2.45) is 0 Å². The van der Waals surface area contributed by atoms with Gasteiger partial charge in [0.05, 0.1) is 0 Å². The van der Waals surface area contributed by atoms with Gasteiger partial charge >= 0.3 is 5.97 Å². The maximum atomic E-state index is 10.3. The monoisotopic (exact) mass is 483 g/mol. The van der Waals surface area contributed by atoms with E-state index in [2.05, 4.69) is 26.0 Å². The predicted molar refractivity (Wildman–Crippen MR) is 118 cm³/mol. The van der Waals surface area contributed by atoms with Crippen LogP contribution in [-0.4, -0.2) is 11.1 Å². The summed E-state index contributed by atoms with van der Waals surface area (Å²) >= 11 is 0. The summed E-state index contributed by atoms with van der Waals surface area (Å²) in [5.74, 6) is -0.653. The molecule has 0 aliphatic rings. The maximum absolute atomic E-state index is 10.3. The Morgan fingerprint density at radius 3 is 1.32 bits per heavy atom. The summed E-state index contributed by atoms with van der Waals surface area (Å²) in [6, 6.07) is 10.3. The van der Waals surface area contributed by atoms with E-state index in [1.807, 2.05) is 18.2 Å². The number of hydrogen-bond donors (Lipinski definition) is 1. The van der Waals surface area contributed by atoms with Gasteiger partial charge in [0, 0.05) is 28.8 Å². The normalized spacial score (nSPS) is 9.93. The molecule has 1 N–H and O–H groups in total. The molecule has 0 fully saturated rings. The third-order valence-corrected chi connectivity index (χ3v) is 4.93. The summed E-state index contributed by atoms with van der Waals surface area (Å²) in [6.07, 6.45) is 20.2. The molecule has 3 heteroatoms. The zero-order valence-corrected chi connectivity index (χ0v) is 19.8. The fourth-order valence-electron chi connectivity index (χ4n) is 3.18. The smallest absolute Gasteiger partial charge is 0.303 e. The van der Waals surface area contributed by atoms with Crippen LogP contribution in [0.4, 0.5) is 0 Å². The number of carbonyl (C=O) groups is 1. The van der Waals surface area contributed by atoms with Gasteiger partial charge in [-0.25, -0.2) is 0 Å². The first-order chi connectivity index (χ1) is 13.2. The van der Waals surface area contributed by atoms with Gasteiger partial charge in [0.2, 0.25) is 0 Å². The molecule has 0 aliphatic heterocycles. The second kappa shape index (κ2) is 24.5. The largest absolute Gasteiger partial charge is 0.481 e. The molecule has 28 heavy (non-hydrogen) atoms. The molecule has 0 unspecified atom stereocenters. The van der Waals surface area contributed by atoms with Crippen LogP contribution >= 0.6 is 0 Å². The minimum atomic E-state index is -0.653. The van der Waals surface area contributed by atoms with Gasteiger partial charge in [-0.1, -0.05) is 133 Å². The van der Waals surface area contributed by atoms with Gasteiger partial charge in [0.25, 0.3) is 0 Å². The number of carboxylic acids is 1. The Balaban J connectivity index is 0. The van der Waals surface area contributed by atoms with Crippen molar-refractivity contribution in [2.45, 2.75) is 117 Å². The van der Waals surface area contributed by atoms with E-state index in [4.69, 9.17) is 5.11 Å². The second-order valence-corrected chi connectivity index (χ2v) is 7.75. The number of aliphatic carboxylic acids is 1. The number of carboxylic acid groups (broad SMARTS) is 1. The van der Waals surface area contributed by atoms with E-state index in [9.17, 15) is 4.79 Å². The average molecular weight is 484 g/mol. The molecule has 0 spiro atoms. The Morgan fingerprint density at radius 2 is 1.04 bits per heavy atom. The van der Waals surface area contributed by atoms with E-state index in [0.29, 0.717) is 6.42 Å². The van der Waals surface area contributed by atoms with Crippen molar-refractivity contribution < 1.29 is 32.3 Å². The quantitative estimate of drug-likeness (QED) is 0.189. The Morgan fingerprint density at radius 1 is 0.679 bits per heavy atom. The second-order valence-electron chi connectivity index (χ2n) is 7.75. The number of unbranched alkanes of at least 4 members (excludes halogenated alkanes) is 14. The van der Waals surface area contributed by atoms with Crippen LogP contribution in [0.25, 0.3) is 0 Å². The molecule has 1 radical (unpaired) electrons. The molecule has 0 aliphatic carbocycles. The zero-order valence-electron chi connectivity index (χ0n) is 18.4. The Kier molecular flexibility index (Phi) is 25.9. The van der Waals surface area contributed by atoms with E-state index in [-0.39, 0.29) is 22.4 Å². The van der Waals surface area contributed by atoms with Crippen LogP contribution in [0.2, 0.25) is 0 Å². The molecule has 0 atom stereocenters. The molecule has 0 bridgehead atoms. The Bertz CT molecular complexity index is 420. The molecular weight excluding hydrogens is 440 g/mol. The summed E-state index contributed by atoms with van der Waals surface area (Å²) < 4.78 is 0. The fraction of sp³-hybridized carbons (Fsp3) is 0.720. The van der Waals surface area contributed by atoms with Crippen LogP contribution in [0.3, 0.4) is 0 Å². The van der Waals surface area contributed by atoms with Crippen LogP contribution < -0.4 is 0 Å². The summed E-state index contributed by atoms with van der Waals surface area (Å²) in [5.41, 5.74) is 1.32. The van der Waals surface area contributed by atoms with E-state index < -0.39 is 5.97 Å². The average Bonchev–Trinajstić information content (AvgIpc) is 2.66. The number of hydrogen-bond acceptors (Lipinski definition) is 1. The van der Waals surface area contributed by atoms with Crippen molar-refractivity contribution in [1.29, 1.82) is 0 Å². The first kappa shape index (κ1) is 29.6. The zero-order chi connectivity index (χ0) is 20.0. The van der Waals surface area contributed by atoms with Gasteiger partial charge in [0.1, 0.15) is 0 Å². The molecule has 1 aromatic carbocycles. The van der Waals surface area contributed by atoms with E-state index in [1.165, 1.54) is 89.0 Å². The fourth-order valence-corrected chi connectivity index (χ4v) is 3.18. The molecule has 0 heterocycles. The van der Waals surface area contributed by atoms with Crippen molar-refractivity contribution in [3.05, 3.63) is 35.9 Å². The van der Waals surface area contributed by atoms with Crippen LogP contribution in [0.1, 0.15) is 115 Å². The van der Waals surface area contributed by atoms with Crippen molar-refractivity contribution in [2.75, 3.05) is 0 Å². The van der Waals surface area contributed by atoms with Gasteiger partial charge in [0.15, 0.2) is 0 Å². The van der Waals surface area contributed by atoms with Gasteiger partial charge in [-0.2, -0.15) is 0 Å². The minimum absolute atomic E-state index is 0. The van der Waals surface area contributed by atoms with Crippen LogP contribution in [-0.2, 0) is 27.2 Å². The van der Waals surface area contributed by atoms with Crippen molar-refractivity contribution in [1.82, 2.24) is 0 Å². The first-order valence-corrected chi connectivity index (χ1v) is 11.4. The predicted octanol–water partition coefficient (Wildman–Crippen LogP) is 8.33. The van der Waals surface area contributed by atoms with E-state index >= 15 is 0 Å². The molecule has 0 saturated heterocycles. The number of aryl methyl sites for hydroxylation is 1. The molecule has 167 valence electrons. The van der Waals surface area contributed by atoms with Gasteiger partial charge in [-0.05, 0) is 13.3 Å². The molecular formula is C25H44AgO2. The van der Waals surface area contributed by atoms with Crippen LogP contribution in [0, 0.1) is 6.92 Å². The third kappa shape index (κ3) is 25.4. The minimum Gasteiger partial charge on any atom is -0.481 e. The molecule has 1 rings (SSSR count). The number of benzene rings is 1. The van der Waals surface area contributed by atoms with Crippen LogP contribution in [0.5, 0.6) is 0 Å². The number of rotatable bonds is 16. The standard InChI is InChI=1S/C18H36O2.C7H8.Ag/c1-2-3-4-5-6-7-8-9-10-11-12-13-14-15-16-17-18(19)20;1-7-5-3-2-4-6-7;/h2-17H2,1H3,(H,19,20);2-6H,1H3;. The molecule has 2 nitrogen and oxygen atoms in total. The molecule has 0 saturated carbocycles. The Labute approximate surface area is 190 Å². The maximum Gasteiger partial charge on any atom is 0.303 e. The SMILES string of the molecule is CCCCCCCCCCCCCCCCCC(=O)O.Cc1ccccc1.[Ag]. The topological polar surface area (TPSA) is 37.3 Å². The summed E-state index contributed by atoms with van der Waals surface area (Å²) in [5, 5.41) is 8.52. The van der Waals surface area contributed by atoms with Crippen molar-refractivity contribution >= 4 is 5.97 Å². The first-order valence-electron chi connectivity index (χ1n) is 11.4. The van der Waals surface area contributed by atoms with Crippen molar-refractivity contribution in [3.8, 4) is 0 Å².